The smallest absolute Gasteiger partial charge is 0.151 e. The summed E-state index contributed by atoms with van der Waals surface area (Å²) in [5.41, 5.74) is 2.92. The van der Waals surface area contributed by atoms with Crippen molar-refractivity contribution >= 4 is 5.82 Å². The molecule has 136 valence electrons. The molecule has 0 N–H and O–H groups in total. The van der Waals surface area contributed by atoms with Gasteiger partial charge in [-0.25, -0.2) is 9.07 Å². The van der Waals surface area contributed by atoms with Crippen LogP contribution in [0, 0.1) is 5.92 Å². The SMILES string of the molecule is CC1CCCN(c2cc(C(C)C)n(-c3ccc(C(C)F)cc3)n2)CC1. The molecule has 1 aromatic heterocycles. The van der Waals surface area contributed by atoms with Crippen molar-refractivity contribution in [3.8, 4) is 5.69 Å². The van der Waals surface area contributed by atoms with Crippen molar-refractivity contribution in [2.45, 2.75) is 59.0 Å². The lowest BCUT2D eigenvalue weighted by Gasteiger charge is -2.19. The first-order chi connectivity index (χ1) is 12.0. The highest BCUT2D eigenvalue weighted by atomic mass is 19.1. The number of aromatic nitrogens is 2. The number of halogens is 1. The Bertz CT molecular complexity index is 688. The molecule has 1 fully saturated rings. The van der Waals surface area contributed by atoms with Gasteiger partial charge in [-0.2, -0.15) is 5.10 Å². The van der Waals surface area contributed by atoms with Crippen LogP contribution in [0.2, 0.25) is 0 Å². The van der Waals surface area contributed by atoms with Crippen LogP contribution in [0.15, 0.2) is 30.3 Å². The van der Waals surface area contributed by atoms with Crippen LogP contribution in [0.4, 0.5) is 10.2 Å². The summed E-state index contributed by atoms with van der Waals surface area (Å²) in [7, 11) is 0. The standard InChI is InChI=1S/C21H30FN3/c1-15(2)20-14-21(24-12-5-6-16(3)11-13-24)23-25(20)19-9-7-18(8-10-19)17(4)22/h7-10,14-17H,5-6,11-13H2,1-4H3. The number of rotatable bonds is 4. The van der Waals surface area contributed by atoms with Crippen molar-refractivity contribution in [3.63, 3.8) is 0 Å². The average Bonchev–Trinajstić information content (AvgIpc) is 2.92. The average molecular weight is 343 g/mol. The molecule has 2 unspecified atom stereocenters. The third-order valence-electron chi connectivity index (χ3n) is 5.25. The predicted octanol–water partition coefficient (Wildman–Crippen LogP) is 5.65. The summed E-state index contributed by atoms with van der Waals surface area (Å²) in [5.74, 6) is 2.25. The highest BCUT2D eigenvalue weighted by Gasteiger charge is 2.20. The quantitative estimate of drug-likeness (QED) is 0.715. The van der Waals surface area contributed by atoms with Gasteiger partial charge in [0.2, 0.25) is 0 Å². The Kier molecular flexibility index (Phi) is 5.45. The van der Waals surface area contributed by atoms with E-state index in [1.807, 2.05) is 28.9 Å². The largest absolute Gasteiger partial charge is 0.355 e. The molecular formula is C21H30FN3. The fraction of sp³-hybridized carbons (Fsp3) is 0.571. The maximum atomic E-state index is 13.5. The monoisotopic (exact) mass is 343 g/mol. The molecule has 2 heterocycles. The third kappa shape index (κ3) is 4.05. The highest BCUT2D eigenvalue weighted by molar-refractivity contribution is 5.45. The molecule has 1 aliphatic rings. The summed E-state index contributed by atoms with van der Waals surface area (Å²) >= 11 is 0. The number of hydrogen-bond acceptors (Lipinski definition) is 2. The molecule has 1 aromatic carbocycles. The summed E-state index contributed by atoms with van der Waals surface area (Å²) in [6, 6.07) is 9.89. The van der Waals surface area contributed by atoms with E-state index in [-0.39, 0.29) is 0 Å². The normalized spacial score (nSPS) is 19.9. The van der Waals surface area contributed by atoms with Gasteiger partial charge in [-0.1, -0.05) is 32.9 Å². The van der Waals surface area contributed by atoms with Gasteiger partial charge >= 0.3 is 0 Å². The van der Waals surface area contributed by atoms with Crippen molar-refractivity contribution in [3.05, 3.63) is 41.6 Å². The van der Waals surface area contributed by atoms with Gasteiger partial charge in [0.15, 0.2) is 5.82 Å². The zero-order valence-electron chi connectivity index (χ0n) is 15.9. The van der Waals surface area contributed by atoms with Crippen LogP contribution in [-0.2, 0) is 0 Å². The zero-order chi connectivity index (χ0) is 18.0. The molecule has 3 rings (SSSR count). The number of benzene rings is 1. The molecule has 0 radical (unpaired) electrons. The first-order valence-corrected chi connectivity index (χ1v) is 9.55. The maximum absolute atomic E-state index is 13.5. The van der Waals surface area contributed by atoms with Crippen molar-refractivity contribution < 1.29 is 4.39 Å². The molecule has 2 aromatic rings. The Morgan fingerprint density at radius 1 is 1.08 bits per heavy atom. The fourth-order valence-corrected chi connectivity index (χ4v) is 3.53. The molecule has 0 amide bonds. The Morgan fingerprint density at radius 3 is 2.44 bits per heavy atom. The first kappa shape index (κ1) is 18.0. The van der Waals surface area contributed by atoms with Gasteiger partial charge in [0.1, 0.15) is 6.17 Å². The Morgan fingerprint density at radius 2 is 1.80 bits per heavy atom. The molecule has 0 spiro atoms. The van der Waals surface area contributed by atoms with E-state index in [0.29, 0.717) is 11.5 Å². The van der Waals surface area contributed by atoms with Gasteiger partial charge in [-0.15, -0.1) is 0 Å². The number of alkyl halides is 1. The second kappa shape index (κ2) is 7.59. The van der Waals surface area contributed by atoms with Crippen LogP contribution >= 0.6 is 0 Å². The zero-order valence-corrected chi connectivity index (χ0v) is 15.9. The second-order valence-corrected chi connectivity index (χ2v) is 7.72. The van der Waals surface area contributed by atoms with Crippen LogP contribution in [0.5, 0.6) is 0 Å². The molecule has 1 aliphatic heterocycles. The van der Waals surface area contributed by atoms with Crippen molar-refractivity contribution in [1.29, 1.82) is 0 Å². The van der Waals surface area contributed by atoms with E-state index in [1.54, 1.807) is 6.92 Å². The third-order valence-corrected chi connectivity index (χ3v) is 5.25. The lowest BCUT2D eigenvalue weighted by Crippen LogP contribution is -2.24. The van der Waals surface area contributed by atoms with E-state index < -0.39 is 6.17 Å². The van der Waals surface area contributed by atoms with Gasteiger partial charge < -0.3 is 4.90 Å². The molecule has 2 atom stereocenters. The predicted molar refractivity (Wildman–Crippen MR) is 102 cm³/mol. The van der Waals surface area contributed by atoms with E-state index in [4.69, 9.17) is 5.10 Å². The van der Waals surface area contributed by atoms with Gasteiger partial charge in [0, 0.05) is 24.8 Å². The van der Waals surface area contributed by atoms with Gasteiger partial charge in [0.25, 0.3) is 0 Å². The summed E-state index contributed by atoms with van der Waals surface area (Å²) in [5, 5.41) is 4.92. The van der Waals surface area contributed by atoms with E-state index >= 15 is 0 Å². The van der Waals surface area contributed by atoms with Crippen LogP contribution < -0.4 is 4.90 Å². The fourth-order valence-electron chi connectivity index (χ4n) is 3.53. The van der Waals surface area contributed by atoms with E-state index in [2.05, 4.69) is 31.7 Å². The van der Waals surface area contributed by atoms with Crippen LogP contribution in [0.3, 0.4) is 0 Å². The molecule has 0 bridgehead atoms. The first-order valence-electron chi connectivity index (χ1n) is 9.55. The van der Waals surface area contributed by atoms with E-state index in [1.165, 1.54) is 25.0 Å². The minimum atomic E-state index is -0.939. The van der Waals surface area contributed by atoms with Gasteiger partial charge in [0.05, 0.1) is 5.69 Å². The number of nitrogens with zero attached hydrogens (tertiary/aromatic N) is 3. The molecule has 1 saturated heterocycles. The molecule has 0 saturated carbocycles. The maximum Gasteiger partial charge on any atom is 0.151 e. The molecule has 3 nitrogen and oxygen atoms in total. The molecule has 4 heteroatoms. The Labute approximate surface area is 150 Å². The second-order valence-electron chi connectivity index (χ2n) is 7.72. The van der Waals surface area contributed by atoms with Crippen LogP contribution in [0.1, 0.15) is 70.3 Å². The topological polar surface area (TPSA) is 21.1 Å². The highest BCUT2D eigenvalue weighted by Crippen LogP contribution is 2.28. The summed E-state index contributed by atoms with van der Waals surface area (Å²) in [6.45, 7) is 10.5. The van der Waals surface area contributed by atoms with E-state index in [9.17, 15) is 4.39 Å². The van der Waals surface area contributed by atoms with Gasteiger partial charge in [-0.05, 0) is 55.7 Å². The summed E-state index contributed by atoms with van der Waals surface area (Å²) in [4.78, 5) is 2.42. The minimum Gasteiger partial charge on any atom is -0.355 e. The molecular weight excluding hydrogens is 313 g/mol. The molecule has 25 heavy (non-hydrogen) atoms. The van der Waals surface area contributed by atoms with Crippen LogP contribution in [0.25, 0.3) is 5.69 Å². The minimum absolute atomic E-state index is 0.381. The summed E-state index contributed by atoms with van der Waals surface area (Å²) in [6.07, 6.45) is 2.82. The van der Waals surface area contributed by atoms with Crippen molar-refractivity contribution in [2.24, 2.45) is 5.92 Å². The van der Waals surface area contributed by atoms with E-state index in [0.717, 1.165) is 30.5 Å². The van der Waals surface area contributed by atoms with Crippen molar-refractivity contribution in [2.75, 3.05) is 18.0 Å². The molecule has 0 aliphatic carbocycles. The number of anilines is 1. The van der Waals surface area contributed by atoms with Crippen LogP contribution in [-0.4, -0.2) is 22.9 Å². The summed E-state index contributed by atoms with van der Waals surface area (Å²) < 4.78 is 15.5. The lowest BCUT2D eigenvalue weighted by molar-refractivity contribution is 0.374. The van der Waals surface area contributed by atoms with Crippen molar-refractivity contribution in [1.82, 2.24) is 9.78 Å². The van der Waals surface area contributed by atoms with Gasteiger partial charge in [-0.3, -0.25) is 0 Å². The number of hydrogen-bond donors (Lipinski definition) is 0. The lowest BCUT2D eigenvalue weighted by atomic mass is 10.0. The Hall–Kier alpha value is -1.84. The Balaban J connectivity index is 1.92.